The van der Waals surface area contributed by atoms with Gasteiger partial charge in [-0.1, -0.05) is 30.3 Å². The molecule has 0 unspecified atom stereocenters. The zero-order chi connectivity index (χ0) is 23.6. The Balaban J connectivity index is 0.000000837. The first-order valence-corrected chi connectivity index (χ1v) is 11.1. The van der Waals surface area contributed by atoms with Gasteiger partial charge in [0.05, 0.1) is 39.9 Å². The number of hydrogen-bond donors (Lipinski definition) is 0. The molecule has 0 aliphatic rings. The first-order valence-electron chi connectivity index (χ1n) is 10.3. The summed E-state index contributed by atoms with van der Waals surface area (Å²) in [6.07, 6.45) is 0. The average Bonchev–Trinajstić information content (AvgIpc) is 3.22. The second-order valence-corrected chi connectivity index (χ2v) is 8.80. The number of benzene rings is 2. The quantitative estimate of drug-likeness (QED) is 0.380. The summed E-state index contributed by atoms with van der Waals surface area (Å²) >= 11 is 1.25. The van der Waals surface area contributed by atoms with Gasteiger partial charge < -0.3 is 19.3 Å². The minimum Gasteiger partial charge on any atom is -0.550 e. The van der Waals surface area contributed by atoms with Gasteiger partial charge in [-0.05, 0) is 38.1 Å². The molecular weight excluding hydrogens is 424 g/mol. The number of hydrogen-bond acceptors (Lipinski definition) is 8. The second kappa shape index (κ2) is 12.0. The lowest BCUT2D eigenvalue weighted by molar-refractivity contribution is -0.868. The fourth-order valence-corrected chi connectivity index (χ4v) is 3.20. The molecule has 0 amide bonds. The van der Waals surface area contributed by atoms with Gasteiger partial charge >= 0.3 is 0 Å². The van der Waals surface area contributed by atoms with Gasteiger partial charge in [-0.2, -0.15) is 9.36 Å². The van der Waals surface area contributed by atoms with Crippen LogP contribution in [-0.2, 0) is 4.79 Å². The van der Waals surface area contributed by atoms with Crippen LogP contribution in [0.2, 0.25) is 0 Å². The average molecular weight is 455 g/mol. The van der Waals surface area contributed by atoms with E-state index in [1.54, 1.807) is 0 Å². The molecule has 0 saturated carbocycles. The third-order valence-corrected chi connectivity index (χ3v) is 4.94. The molecule has 2 aromatic carbocycles. The molecule has 0 bridgehead atoms. The number of rotatable bonds is 8. The van der Waals surface area contributed by atoms with Crippen molar-refractivity contribution in [2.75, 3.05) is 45.7 Å². The highest BCUT2D eigenvalue weighted by Gasteiger charge is 2.11. The summed E-state index contributed by atoms with van der Waals surface area (Å²) in [7, 11) is 6.65. The van der Waals surface area contributed by atoms with Crippen molar-refractivity contribution in [2.45, 2.75) is 13.8 Å². The van der Waals surface area contributed by atoms with E-state index < -0.39 is 5.97 Å². The Morgan fingerprint density at radius 3 is 2.25 bits per heavy atom. The third kappa shape index (κ3) is 8.91. The van der Waals surface area contributed by atoms with Crippen molar-refractivity contribution in [3.8, 4) is 11.4 Å². The molecule has 8 nitrogen and oxygen atoms in total. The van der Waals surface area contributed by atoms with Gasteiger partial charge in [0, 0.05) is 35.3 Å². The molecule has 0 aliphatic carbocycles. The summed E-state index contributed by atoms with van der Waals surface area (Å²) < 4.78 is 5.31. The highest BCUT2D eigenvalue weighted by Crippen LogP contribution is 2.26. The predicted molar refractivity (Wildman–Crippen MR) is 127 cm³/mol. The van der Waals surface area contributed by atoms with E-state index in [9.17, 15) is 0 Å². The summed E-state index contributed by atoms with van der Waals surface area (Å²) in [5.41, 5.74) is 3.00. The summed E-state index contributed by atoms with van der Waals surface area (Å²) in [5.74, 6) is -0.397. The van der Waals surface area contributed by atoms with E-state index >= 15 is 0 Å². The number of aromatic nitrogens is 2. The van der Waals surface area contributed by atoms with Gasteiger partial charge in [0.15, 0.2) is 5.82 Å². The molecule has 0 aliphatic heterocycles. The maximum absolute atomic E-state index is 8.89. The first-order chi connectivity index (χ1) is 15.2. The Hall–Kier alpha value is -3.17. The van der Waals surface area contributed by atoms with Crippen LogP contribution in [0.1, 0.15) is 13.8 Å². The third-order valence-electron chi connectivity index (χ3n) is 4.34. The van der Waals surface area contributed by atoms with Gasteiger partial charge in [-0.25, -0.2) is 0 Å². The molecule has 1 heterocycles. The molecule has 170 valence electrons. The van der Waals surface area contributed by atoms with Gasteiger partial charge in [0.2, 0.25) is 5.13 Å². The highest BCUT2D eigenvalue weighted by atomic mass is 32.1. The first kappa shape index (κ1) is 25.1. The molecule has 32 heavy (non-hydrogen) atoms. The number of quaternary nitrogens is 1. The summed E-state index contributed by atoms with van der Waals surface area (Å²) in [6, 6.07) is 18.1. The topological polar surface area (TPSA) is 93.9 Å². The van der Waals surface area contributed by atoms with E-state index in [4.69, 9.17) is 9.90 Å². The zero-order valence-corrected chi connectivity index (χ0v) is 20.0. The van der Waals surface area contributed by atoms with Crippen molar-refractivity contribution < 1.29 is 14.4 Å². The maximum atomic E-state index is 8.89. The van der Waals surface area contributed by atoms with Crippen molar-refractivity contribution in [2.24, 2.45) is 10.2 Å². The Bertz CT molecular complexity index is 993. The SMILES string of the molecule is CC(=O)[O-].CCN(CC[N+](C)(C)C)c1ccc(N=Nc2nc(-c3ccccc3)ns2)cc1. The van der Waals surface area contributed by atoms with E-state index in [0.29, 0.717) is 11.0 Å². The lowest BCUT2D eigenvalue weighted by atomic mass is 10.2. The molecule has 0 fully saturated rings. The van der Waals surface area contributed by atoms with Crippen molar-refractivity contribution >= 4 is 34.0 Å². The largest absolute Gasteiger partial charge is 0.550 e. The van der Waals surface area contributed by atoms with Crippen LogP contribution in [0.15, 0.2) is 64.8 Å². The number of nitrogens with zero attached hydrogens (tertiary/aromatic N) is 6. The normalized spacial score (nSPS) is 11.2. The molecular formula is C23H30N6O2S. The van der Waals surface area contributed by atoms with E-state index in [0.717, 1.165) is 42.3 Å². The van der Waals surface area contributed by atoms with Gasteiger partial charge in [0.1, 0.15) is 0 Å². The van der Waals surface area contributed by atoms with E-state index in [2.05, 4.69) is 64.7 Å². The van der Waals surface area contributed by atoms with Crippen LogP contribution >= 0.6 is 11.5 Å². The molecule has 0 N–H and O–H groups in total. The highest BCUT2D eigenvalue weighted by molar-refractivity contribution is 7.09. The lowest BCUT2D eigenvalue weighted by Gasteiger charge is -2.29. The summed E-state index contributed by atoms with van der Waals surface area (Å²) in [5, 5.41) is 18.0. The Labute approximate surface area is 193 Å². The maximum Gasteiger partial charge on any atom is 0.249 e. The minimum absolute atomic E-state index is 0.557. The van der Waals surface area contributed by atoms with Crippen LogP contribution in [0, 0.1) is 0 Å². The molecule has 0 spiro atoms. The van der Waals surface area contributed by atoms with E-state index in [-0.39, 0.29) is 0 Å². The molecule has 0 saturated heterocycles. The number of likely N-dealkylation sites (N-methyl/N-ethyl adjacent to an activating group) is 2. The van der Waals surface area contributed by atoms with Gasteiger partial charge in [-0.3, -0.25) is 0 Å². The number of anilines is 1. The van der Waals surface area contributed by atoms with E-state index in [1.165, 1.54) is 17.2 Å². The van der Waals surface area contributed by atoms with E-state index in [1.807, 2.05) is 42.5 Å². The fraction of sp³-hybridized carbons (Fsp3) is 0.348. The number of aliphatic carboxylic acids is 1. The Morgan fingerprint density at radius 1 is 1.06 bits per heavy atom. The Morgan fingerprint density at radius 2 is 1.69 bits per heavy atom. The molecule has 0 atom stereocenters. The smallest absolute Gasteiger partial charge is 0.249 e. The number of carboxylic acid groups (broad SMARTS) is 1. The molecule has 3 rings (SSSR count). The molecule has 1 aromatic heterocycles. The van der Waals surface area contributed by atoms with Crippen LogP contribution < -0.4 is 10.0 Å². The molecule has 0 radical (unpaired) electrons. The van der Waals surface area contributed by atoms with Crippen molar-refractivity contribution in [3.05, 3.63) is 54.6 Å². The predicted octanol–water partition coefficient (Wildman–Crippen LogP) is 3.91. The van der Waals surface area contributed by atoms with Gasteiger partial charge in [0.25, 0.3) is 0 Å². The number of carbonyl (C=O) groups is 1. The Kier molecular flexibility index (Phi) is 9.42. The van der Waals surface area contributed by atoms with Crippen LogP contribution in [0.3, 0.4) is 0 Å². The van der Waals surface area contributed by atoms with Crippen LogP contribution in [-0.4, -0.2) is 60.6 Å². The van der Waals surface area contributed by atoms with Crippen LogP contribution in [0.25, 0.3) is 11.4 Å². The van der Waals surface area contributed by atoms with Crippen LogP contribution in [0.4, 0.5) is 16.5 Å². The van der Waals surface area contributed by atoms with Gasteiger partial charge in [-0.15, -0.1) is 10.2 Å². The fourth-order valence-electron chi connectivity index (χ4n) is 2.68. The van der Waals surface area contributed by atoms with Crippen molar-refractivity contribution in [1.29, 1.82) is 0 Å². The summed E-state index contributed by atoms with van der Waals surface area (Å²) in [6.45, 7) is 6.25. The van der Waals surface area contributed by atoms with Crippen LogP contribution in [0.5, 0.6) is 0 Å². The zero-order valence-electron chi connectivity index (χ0n) is 19.2. The minimum atomic E-state index is -1.08. The second-order valence-electron chi connectivity index (χ2n) is 8.07. The standard InChI is InChI=1S/C21H27N6S.C2H4O2/c1-5-26(15-16-27(2,3)4)19-13-11-18(12-14-19)23-24-21-22-20(25-28-21)17-9-7-6-8-10-17;1-2(3)4/h6-14H,5,15-16H2,1-4H3;1H3,(H,3,4)/q+1;/p-1. The van der Waals surface area contributed by atoms with Crippen molar-refractivity contribution in [3.63, 3.8) is 0 Å². The monoisotopic (exact) mass is 454 g/mol. The number of carboxylic acids is 1. The molecule has 3 aromatic rings. The molecule has 9 heteroatoms. The number of azo groups is 1. The van der Waals surface area contributed by atoms with Crippen molar-refractivity contribution in [1.82, 2.24) is 9.36 Å². The lowest BCUT2D eigenvalue weighted by Crippen LogP contribution is -2.42. The summed E-state index contributed by atoms with van der Waals surface area (Å²) in [4.78, 5) is 15.7. The number of carbonyl (C=O) groups excluding carboxylic acids is 1.